The Balaban J connectivity index is 2.41. The van der Waals surface area contributed by atoms with Crippen LogP contribution in [0.1, 0.15) is 33.1 Å². The first-order valence-electron chi connectivity index (χ1n) is 5.03. The maximum Gasteiger partial charge on any atom is 0.0243 e. The van der Waals surface area contributed by atoms with Gasteiger partial charge in [-0.1, -0.05) is 20.3 Å². The second-order valence-corrected chi connectivity index (χ2v) is 4.39. The molecule has 12 heavy (non-hydrogen) atoms. The van der Waals surface area contributed by atoms with Gasteiger partial charge in [-0.3, -0.25) is 0 Å². The summed E-state index contributed by atoms with van der Waals surface area (Å²) in [6.45, 7) is 4.45. The topological polar surface area (TPSA) is 15.3 Å². The van der Waals surface area contributed by atoms with Crippen molar-refractivity contribution in [2.24, 2.45) is 0 Å². The highest BCUT2D eigenvalue weighted by Gasteiger charge is 2.28. The van der Waals surface area contributed by atoms with Crippen LogP contribution in [0.15, 0.2) is 0 Å². The summed E-state index contributed by atoms with van der Waals surface area (Å²) < 4.78 is 0. The van der Waals surface area contributed by atoms with Gasteiger partial charge in [0.1, 0.15) is 0 Å². The van der Waals surface area contributed by atoms with Crippen LogP contribution in [0.25, 0.3) is 0 Å². The average molecular weight is 170 g/mol. The Hall–Kier alpha value is -0.0800. The van der Waals surface area contributed by atoms with E-state index in [1.165, 1.54) is 19.3 Å². The van der Waals surface area contributed by atoms with E-state index in [4.69, 9.17) is 0 Å². The van der Waals surface area contributed by atoms with Crippen LogP contribution in [0.2, 0.25) is 0 Å². The average Bonchev–Trinajstić information content (AvgIpc) is 2.33. The highest BCUT2D eigenvalue weighted by molar-refractivity contribution is 4.88. The molecule has 1 saturated carbocycles. The lowest BCUT2D eigenvalue weighted by molar-refractivity contribution is 0.245. The monoisotopic (exact) mass is 170 g/mol. The lowest BCUT2D eigenvalue weighted by Gasteiger charge is -2.28. The van der Waals surface area contributed by atoms with Gasteiger partial charge in [0.15, 0.2) is 0 Å². The third kappa shape index (κ3) is 2.46. The van der Waals surface area contributed by atoms with Gasteiger partial charge in [0.05, 0.1) is 0 Å². The van der Waals surface area contributed by atoms with Crippen molar-refractivity contribution in [2.75, 3.05) is 14.1 Å². The maximum atomic E-state index is 3.63. The van der Waals surface area contributed by atoms with Gasteiger partial charge in [0, 0.05) is 18.1 Å². The molecule has 0 bridgehead atoms. The molecule has 1 rings (SSSR count). The van der Waals surface area contributed by atoms with Crippen LogP contribution in [0.5, 0.6) is 0 Å². The summed E-state index contributed by atoms with van der Waals surface area (Å²) >= 11 is 0. The van der Waals surface area contributed by atoms with Gasteiger partial charge in [-0.2, -0.15) is 0 Å². The first kappa shape index (κ1) is 10.0. The third-order valence-electron chi connectivity index (χ3n) is 2.69. The predicted molar refractivity (Wildman–Crippen MR) is 53.4 cm³/mol. The minimum atomic E-state index is 0.621. The van der Waals surface area contributed by atoms with E-state index in [9.17, 15) is 0 Å². The quantitative estimate of drug-likeness (QED) is 0.690. The fourth-order valence-electron chi connectivity index (χ4n) is 2.18. The second kappa shape index (κ2) is 4.24. The normalized spacial score (nSPS) is 30.5. The first-order chi connectivity index (χ1) is 5.61. The van der Waals surface area contributed by atoms with E-state index in [1.807, 2.05) is 0 Å². The van der Waals surface area contributed by atoms with Crippen molar-refractivity contribution < 1.29 is 0 Å². The van der Waals surface area contributed by atoms with E-state index < -0.39 is 0 Å². The van der Waals surface area contributed by atoms with Crippen molar-refractivity contribution in [3.8, 4) is 0 Å². The molecule has 1 aliphatic carbocycles. The minimum absolute atomic E-state index is 0.621. The zero-order valence-corrected chi connectivity index (χ0v) is 8.80. The van der Waals surface area contributed by atoms with Crippen molar-refractivity contribution in [1.82, 2.24) is 10.2 Å². The van der Waals surface area contributed by atoms with Crippen LogP contribution < -0.4 is 5.32 Å². The molecule has 1 fully saturated rings. The highest BCUT2D eigenvalue weighted by Crippen LogP contribution is 2.22. The Morgan fingerprint density at radius 1 is 1.25 bits per heavy atom. The molecule has 2 atom stereocenters. The van der Waals surface area contributed by atoms with Crippen molar-refractivity contribution in [3.05, 3.63) is 0 Å². The lowest BCUT2D eigenvalue weighted by Crippen LogP contribution is -2.46. The summed E-state index contributed by atoms with van der Waals surface area (Å²) in [7, 11) is 4.37. The predicted octanol–water partition coefficient (Wildman–Crippen LogP) is 1.47. The van der Waals surface area contributed by atoms with Crippen molar-refractivity contribution in [2.45, 2.75) is 51.2 Å². The molecule has 0 unspecified atom stereocenters. The van der Waals surface area contributed by atoms with Crippen LogP contribution in [0, 0.1) is 0 Å². The molecule has 0 saturated heterocycles. The second-order valence-electron chi connectivity index (χ2n) is 4.39. The number of hydrogen-bond donors (Lipinski definition) is 1. The van der Waals surface area contributed by atoms with E-state index in [-0.39, 0.29) is 0 Å². The summed E-state index contributed by atoms with van der Waals surface area (Å²) in [6.07, 6.45) is 4.09. The molecule has 0 heterocycles. The van der Waals surface area contributed by atoms with E-state index in [1.54, 1.807) is 0 Å². The van der Waals surface area contributed by atoms with Crippen molar-refractivity contribution in [1.29, 1.82) is 0 Å². The molecule has 2 nitrogen and oxygen atoms in total. The Morgan fingerprint density at radius 3 is 2.42 bits per heavy atom. The number of nitrogens with zero attached hydrogens (tertiary/aromatic N) is 1. The van der Waals surface area contributed by atoms with Crippen LogP contribution in [0.4, 0.5) is 0 Å². The van der Waals surface area contributed by atoms with Crippen LogP contribution in [0.3, 0.4) is 0 Å². The van der Waals surface area contributed by atoms with Gasteiger partial charge in [-0.25, -0.2) is 0 Å². The lowest BCUT2D eigenvalue weighted by atomic mass is 10.1. The Bertz CT molecular complexity index is 132. The number of likely N-dealkylation sites (N-methyl/N-ethyl adjacent to an activating group) is 1. The fourth-order valence-corrected chi connectivity index (χ4v) is 2.18. The standard InChI is InChI=1S/C10H22N2/c1-8(2)11-9-6-5-7-10(9)12(3)4/h8-11H,5-7H2,1-4H3/t9-,10+/m1/s1. The molecule has 0 aromatic rings. The van der Waals surface area contributed by atoms with E-state index in [0.717, 1.165) is 12.1 Å². The molecule has 2 heteroatoms. The molecular formula is C10H22N2. The molecule has 72 valence electrons. The van der Waals surface area contributed by atoms with Crippen LogP contribution >= 0.6 is 0 Å². The van der Waals surface area contributed by atoms with Crippen LogP contribution in [-0.2, 0) is 0 Å². The van der Waals surface area contributed by atoms with Gasteiger partial charge < -0.3 is 10.2 Å². The fraction of sp³-hybridized carbons (Fsp3) is 1.00. The molecule has 1 N–H and O–H groups in total. The van der Waals surface area contributed by atoms with Gasteiger partial charge >= 0.3 is 0 Å². The summed E-state index contributed by atoms with van der Waals surface area (Å²) in [6, 6.07) is 2.10. The van der Waals surface area contributed by atoms with Gasteiger partial charge in [-0.05, 0) is 26.9 Å². The van der Waals surface area contributed by atoms with Crippen molar-refractivity contribution >= 4 is 0 Å². The molecule has 0 radical (unpaired) electrons. The van der Waals surface area contributed by atoms with Crippen molar-refractivity contribution in [3.63, 3.8) is 0 Å². The Kier molecular flexibility index (Phi) is 3.53. The van der Waals surface area contributed by atoms with E-state index in [0.29, 0.717) is 6.04 Å². The molecule has 0 amide bonds. The van der Waals surface area contributed by atoms with Gasteiger partial charge in [0.2, 0.25) is 0 Å². The summed E-state index contributed by atoms with van der Waals surface area (Å²) in [4.78, 5) is 2.35. The summed E-state index contributed by atoms with van der Waals surface area (Å²) in [5, 5.41) is 3.63. The molecular weight excluding hydrogens is 148 g/mol. The third-order valence-corrected chi connectivity index (χ3v) is 2.69. The molecule has 0 spiro atoms. The molecule has 0 aromatic heterocycles. The SMILES string of the molecule is CC(C)N[C@@H]1CCC[C@@H]1N(C)C. The van der Waals surface area contributed by atoms with E-state index in [2.05, 4.69) is 38.2 Å². The van der Waals surface area contributed by atoms with Gasteiger partial charge in [0.25, 0.3) is 0 Å². The maximum absolute atomic E-state index is 3.63. The highest BCUT2D eigenvalue weighted by atomic mass is 15.1. The number of rotatable bonds is 3. The smallest absolute Gasteiger partial charge is 0.0243 e. The Morgan fingerprint density at radius 2 is 1.92 bits per heavy atom. The molecule has 0 aliphatic heterocycles. The largest absolute Gasteiger partial charge is 0.310 e. The minimum Gasteiger partial charge on any atom is -0.310 e. The van der Waals surface area contributed by atoms with E-state index >= 15 is 0 Å². The number of nitrogens with one attached hydrogen (secondary N) is 1. The molecule has 0 aromatic carbocycles. The summed E-state index contributed by atoms with van der Waals surface area (Å²) in [5.74, 6) is 0. The molecule has 1 aliphatic rings. The van der Waals surface area contributed by atoms with Gasteiger partial charge in [-0.15, -0.1) is 0 Å². The number of hydrogen-bond acceptors (Lipinski definition) is 2. The first-order valence-corrected chi connectivity index (χ1v) is 5.03. The Labute approximate surface area is 76.3 Å². The summed E-state index contributed by atoms with van der Waals surface area (Å²) in [5.41, 5.74) is 0. The van der Waals surface area contributed by atoms with Crippen LogP contribution in [-0.4, -0.2) is 37.1 Å². The zero-order chi connectivity index (χ0) is 9.14. The zero-order valence-electron chi connectivity index (χ0n) is 8.80.